The number of hydrogen-bond donors (Lipinski definition) is 1. The van der Waals surface area contributed by atoms with Crippen molar-refractivity contribution in [2.45, 2.75) is 26.1 Å². The van der Waals surface area contributed by atoms with Crippen LogP contribution in [0.1, 0.15) is 18.9 Å². The number of nitrogens with two attached hydrogens (primary N) is 1. The lowest BCUT2D eigenvalue weighted by molar-refractivity contribution is 0.0441. The summed E-state index contributed by atoms with van der Waals surface area (Å²) in [6, 6.07) is 8.13. The van der Waals surface area contributed by atoms with Gasteiger partial charge in [0.1, 0.15) is 0 Å². The number of rotatable bonds is 5. The Labute approximate surface area is 93.6 Å². The largest absolute Gasteiger partial charge is 0.372 e. The number of halogens is 1. The van der Waals surface area contributed by atoms with E-state index in [2.05, 4.69) is 22.9 Å². The van der Waals surface area contributed by atoms with E-state index in [1.807, 2.05) is 24.3 Å². The molecule has 0 aliphatic rings. The van der Waals surface area contributed by atoms with Crippen molar-refractivity contribution in [2.75, 3.05) is 6.54 Å². The van der Waals surface area contributed by atoms with Gasteiger partial charge in [0, 0.05) is 11.0 Å². The summed E-state index contributed by atoms with van der Waals surface area (Å²) >= 11 is 3.39. The molecule has 1 atom stereocenters. The monoisotopic (exact) mass is 257 g/mol. The van der Waals surface area contributed by atoms with Crippen LogP contribution in [-0.2, 0) is 11.3 Å². The van der Waals surface area contributed by atoms with Gasteiger partial charge in [-0.3, -0.25) is 0 Å². The van der Waals surface area contributed by atoms with Crippen LogP contribution in [0.5, 0.6) is 0 Å². The quantitative estimate of drug-likeness (QED) is 0.881. The zero-order chi connectivity index (χ0) is 10.4. The van der Waals surface area contributed by atoms with E-state index in [1.54, 1.807) is 0 Å². The Hall–Kier alpha value is -0.380. The molecule has 1 aromatic carbocycles. The maximum atomic E-state index is 5.63. The topological polar surface area (TPSA) is 35.2 Å². The van der Waals surface area contributed by atoms with Gasteiger partial charge in [0.15, 0.2) is 0 Å². The van der Waals surface area contributed by atoms with E-state index in [4.69, 9.17) is 10.5 Å². The fraction of sp³-hybridized carbons (Fsp3) is 0.455. The fourth-order valence-electron chi connectivity index (χ4n) is 1.15. The predicted octanol–water partition coefficient (Wildman–Crippen LogP) is 2.70. The molecule has 0 heterocycles. The van der Waals surface area contributed by atoms with E-state index in [9.17, 15) is 0 Å². The zero-order valence-corrected chi connectivity index (χ0v) is 9.96. The van der Waals surface area contributed by atoms with Crippen LogP contribution < -0.4 is 5.73 Å². The third-order valence-corrected chi connectivity index (χ3v) is 2.65. The molecule has 0 saturated heterocycles. The van der Waals surface area contributed by atoms with Crippen LogP contribution in [0, 0.1) is 0 Å². The molecule has 2 nitrogen and oxygen atoms in total. The molecule has 0 aromatic heterocycles. The van der Waals surface area contributed by atoms with E-state index in [1.165, 1.54) is 5.56 Å². The Morgan fingerprint density at radius 2 is 2.00 bits per heavy atom. The summed E-state index contributed by atoms with van der Waals surface area (Å²) in [5.41, 5.74) is 6.72. The predicted molar refractivity (Wildman–Crippen MR) is 62.1 cm³/mol. The van der Waals surface area contributed by atoms with Gasteiger partial charge >= 0.3 is 0 Å². The van der Waals surface area contributed by atoms with Crippen LogP contribution in [-0.4, -0.2) is 12.6 Å². The van der Waals surface area contributed by atoms with Gasteiger partial charge in [0.2, 0.25) is 0 Å². The highest BCUT2D eigenvalue weighted by molar-refractivity contribution is 9.10. The standard InChI is InChI=1S/C11H16BrNO/c1-2-11(7-13)14-8-9-3-5-10(12)6-4-9/h3-6,11H,2,7-8,13H2,1H3. The van der Waals surface area contributed by atoms with Crippen molar-refractivity contribution in [3.05, 3.63) is 34.3 Å². The van der Waals surface area contributed by atoms with Crippen molar-refractivity contribution in [3.63, 3.8) is 0 Å². The molecule has 0 fully saturated rings. The fourth-order valence-corrected chi connectivity index (χ4v) is 1.41. The smallest absolute Gasteiger partial charge is 0.0721 e. The zero-order valence-electron chi connectivity index (χ0n) is 8.37. The lowest BCUT2D eigenvalue weighted by Gasteiger charge is -2.13. The first-order chi connectivity index (χ1) is 6.76. The number of hydrogen-bond acceptors (Lipinski definition) is 2. The van der Waals surface area contributed by atoms with E-state index in [0.29, 0.717) is 13.2 Å². The van der Waals surface area contributed by atoms with E-state index < -0.39 is 0 Å². The summed E-state index contributed by atoms with van der Waals surface area (Å²) in [4.78, 5) is 0. The van der Waals surface area contributed by atoms with Gasteiger partial charge in [-0.1, -0.05) is 35.0 Å². The SMILES string of the molecule is CCC(CN)OCc1ccc(Br)cc1. The molecule has 1 unspecified atom stereocenters. The minimum absolute atomic E-state index is 0.179. The Kier molecular flexibility index (Phi) is 5.15. The molecular formula is C11H16BrNO. The van der Waals surface area contributed by atoms with Gasteiger partial charge in [-0.2, -0.15) is 0 Å². The van der Waals surface area contributed by atoms with Crippen molar-refractivity contribution in [1.82, 2.24) is 0 Å². The second-order valence-corrected chi connectivity index (χ2v) is 4.12. The maximum Gasteiger partial charge on any atom is 0.0721 e. The van der Waals surface area contributed by atoms with Gasteiger partial charge in [0.25, 0.3) is 0 Å². The van der Waals surface area contributed by atoms with Crippen LogP contribution >= 0.6 is 15.9 Å². The van der Waals surface area contributed by atoms with Crippen LogP contribution in [0.15, 0.2) is 28.7 Å². The molecule has 1 aromatic rings. The molecule has 2 N–H and O–H groups in total. The summed E-state index contributed by atoms with van der Waals surface area (Å²) in [5, 5.41) is 0. The van der Waals surface area contributed by atoms with Crippen molar-refractivity contribution < 1.29 is 4.74 Å². The lowest BCUT2D eigenvalue weighted by Crippen LogP contribution is -2.22. The van der Waals surface area contributed by atoms with Gasteiger partial charge in [0.05, 0.1) is 12.7 Å². The molecule has 0 spiro atoms. The molecule has 14 heavy (non-hydrogen) atoms. The molecule has 0 aliphatic carbocycles. The average Bonchev–Trinajstić information content (AvgIpc) is 2.22. The molecule has 0 radical (unpaired) electrons. The summed E-state index contributed by atoms with van der Waals surface area (Å²) < 4.78 is 6.72. The third kappa shape index (κ3) is 3.78. The maximum absolute atomic E-state index is 5.63. The first kappa shape index (κ1) is 11.7. The van der Waals surface area contributed by atoms with Crippen LogP contribution in [0.25, 0.3) is 0 Å². The second kappa shape index (κ2) is 6.17. The highest BCUT2D eigenvalue weighted by atomic mass is 79.9. The highest BCUT2D eigenvalue weighted by Gasteiger charge is 2.03. The van der Waals surface area contributed by atoms with Gasteiger partial charge in [-0.25, -0.2) is 0 Å². The molecular weight excluding hydrogens is 242 g/mol. The van der Waals surface area contributed by atoms with Crippen LogP contribution in [0.2, 0.25) is 0 Å². The Balaban J connectivity index is 2.41. The van der Waals surface area contributed by atoms with Crippen LogP contribution in [0.4, 0.5) is 0 Å². The molecule has 0 saturated carbocycles. The normalized spacial score (nSPS) is 12.8. The van der Waals surface area contributed by atoms with E-state index in [-0.39, 0.29) is 6.10 Å². The Morgan fingerprint density at radius 3 is 2.50 bits per heavy atom. The average molecular weight is 258 g/mol. The van der Waals surface area contributed by atoms with Gasteiger partial charge < -0.3 is 10.5 Å². The molecule has 0 bridgehead atoms. The lowest BCUT2D eigenvalue weighted by atomic mass is 10.2. The minimum atomic E-state index is 0.179. The summed E-state index contributed by atoms with van der Waals surface area (Å²) in [5.74, 6) is 0. The molecule has 3 heteroatoms. The van der Waals surface area contributed by atoms with Crippen molar-refractivity contribution >= 4 is 15.9 Å². The van der Waals surface area contributed by atoms with Gasteiger partial charge in [-0.05, 0) is 24.1 Å². The van der Waals surface area contributed by atoms with Crippen molar-refractivity contribution in [2.24, 2.45) is 5.73 Å². The van der Waals surface area contributed by atoms with Crippen LogP contribution in [0.3, 0.4) is 0 Å². The number of ether oxygens (including phenoxy) is 1. The Morgan fingerprint density at radius 1 is 1.36 bits per heavy atom. The molecule has 1 rings (SSSR count). The van der Waals surface area contributed by atoms with Crippen molar-refractivity contribution in [3.8, 4) is 0 Å². The molecule has 0 amide bonds. The second-order valence-electron chi connectivity index (χ2n) is 3.20. The summed E-state index contributed by atoms with van der Waals surface area (Å²) in [7, 11) is 0. The van der Waals surface area contributed by atoms with E-state index >= 15 is 0 Å². The first-order valence-corrected chi connectivity index (χ1v) is 5.61. The minimum Gasteiger partial charge on any atom is -0.372 e. The molecule has 78 valence electrons. The van der Waals surface area contributed by atoms with Gasteiger partial charge in [-0.15, -0.1) is 0 Å². The summed E-state index contributed by atoms with van der Waals surface area (Å²) in [6.45, 7) is 3.31. The number of benzene rings is 1. The van der Waals surface area contributed by atoms with Crippen molar-refractivity contribution in [1.29, 1.82) is 0 Å². The first-order valence-electron chi connectivity index (χ1n) is 4.82. The third-order valence-electron chi connectivity index (χ3n) is 2.12. The highest BCUT2D eigenvalue weighted by Crippen LogP contribution is 2.12. The van der Waals surface area contributed by atoms with E-state index in [0.717, 1.165) is 10.9 Å². The summed E-state index contributed by atoms with van der Waals surface area (Å²) in [6.07, 6.45) is 1.14. The Bertz CT molecular complexity index is 256. The molecule has 0 aliphatic heterocycles.